The molecule has 1 aliphatic heterocycles. The number of para-hydroxylation sites is 2. The molecule has 0 radical (unpaired) electrons. The molecule has 2 heterocycles. The van der Waals surface area contributed by atoms with Gasteiger partial charge in [0.2, 0.25) is 0 Å². The highest BCUT2D eigenvalue weighted by Gasteiger charge is 2.33. The van der Waals surface area contributed by atoms with Crippen LogP contribution in [0.25, 0.3) is 10.9 Å². The van der Waals surface area contributed by atoms with E-state index in [-0.39, 0.29) is 18.5 Å². The maximum absolute atomic E-state index is 14.1. The van der Waals surface area contributed by atoms with Gasteiger partial charge in [0.05, 0.1) is 12.2 Å². The highest BCUT2D eigenvalue weighted by atomic mass is 16.5. The second kappa shape index (κ2) is 11.8. The molecule has 0 saturated heterocycles. The summed E-state index contributed by atoms with van der Waals surface area (Å²) in [6.45, 7) is 2.99. The fourth-order valence-electron chi connectivity index (χ4n) is 5.48. The van der Waals surface area contributed by atoms with Gasteiger partial charge in [0, 0.05) is 29.7 Å². The van der Waals surface area contributed by atoms with Crippen LogP contribution >= 0.6 is 0 Å². The number of carbonyl (C=O) groups is 2. The summed E-state index contributed by atoms with van der Waals surface area (Å²) in [6, 6.07) is 30.2. The fourth-order valence-corrected chi connectivity index (χ4v) is 5.48. The molecule has 0 bridgehead atoms. The van der Waals surface area contributed by atoms with Crippen molar-refractivity contribution in [1.29, 1.82) is 0 Å². The summed E-state index contributed by atoms with van der Waals surface area (Å²) in [5, 5.41) is 0.809. The Labute approximate surface area is 244 Å². The number of hydrogen-bond donors (Lipinski definition) is 1. The summed E-state index contributed by atoms with van der Waals surface area (Å²) in [4.78, 5) is 33.0. The van der Waals surface area contributed by atoms with Gasteiger partial charge in [-0.25, -0.2) is 0 Å². The molecule has 7 nitrogen and oxygen atoms in total. The van der Waals surface area contributed by atoms with Crippen molar-refractivity contribution >= 4 is 28.3 Å². The lowest BCUT2D eigenvalue weighted by molar-refractivity contribution is -0.145. The third-order valence-electron chi connectivity index (χ3n) is 7.61. The predicted molar refractivity (Wildman–Crippen MR) is 162 cm³/mol. The Balaban J connectivity index is 1.21. The third kappa shape index (κ3) is 5.59. The first kappa shape index (κ1) is 27.1. The van der Waals surface area contributed by atoms with Crippen LogP contribution in [-0.4, -0.2) is 43.0 Å². The number of Topliss-reactive ketones (excluding diaryl/α,β-unsaturated/α-hetero) is 1. The molecular formula is C35H32N2O5. The SMILES string of the molecule is Cc1cc(OC[C@@H]2CN(C)c3ccccc3O2)ccc1C(=O)C(C(=O)OCc1ccccc1)c1cccc2[nH]ccc12. The first-order chi connectivity index (χ1) is 20.5. The quantitative estimate of drug-likeness (QED) is 0.127. The fraction of sp³-hybridized carbons (Fsp3) is 0.200. The standard InChI is InChI=1S/C35H32N2O5/c1-23-19-25(40-22-26-20-37(2)31-13-6-7-14-32(31)42-26)15-16-27(23)34(38)33(29-11-8-12-30-28(29)17-18-36-30)35(39)41-21-24-9-4-3-5-10-24/h3-19,26,33,36H,20-22H2,1-2H3/t26-,33?/m0/s1. The number of ketones is 1. The Morgan fingerprint density at radius 1 is 0.976 bits per heavy atom. The molecule has 1 aliphatic rings. The number of nitrogens with one attached hydrogen (secondary N) is 1. The van der Waals surface area contributed by atoms with Crippen molar-refractivity contribution in [2.75, 3.05) is 25.1 Å². The number of ether oxygens (including phenoxy) is 3. The molecule has 4 aromatic carbocycles. The van der Waals surface area contributed by atoms with E-state index in [0.29, 0.717) is 35.6 Å². The Hall–Kier alpha value is -5.04. The van der Waals surface area contributed by atoms with Crippen LogP contribution in [-0.2, 0) is 16.1 Å². The van der Waals surface area contributed by atoms with E-state index in [2.05, 4.69) is 9.88 Å². The van der Waals surface area contributed by atoms with Crippen LogP contribution in [0.3, 0.4) is 0 Å². The Morgan fingerprint density at radius 2 is 1.79 bits per heavy atom. The first-order valence-electron chi connectivity index (χ1n) is 14.0. The molecule has 0 saturated carbocycles. The molecular weight excluding hydrogens is 528 g/mol. The van der Waals surface area contributed by atoms with E-state index in [1.165, 1.54) is 0 Å². The van der Waals surface area contributed by atoms with E-state index in [9.17, 15) is 9.59 Å². The van der Waals surface area contributed by atoms with Crippen molar-refractivity contribution in [1.82, 2.24) is 4.98 Å². The molecule has 1 N–H and O–H groups in total. The second-order valence-electron chi connectivity index (χ2n) is 10.6. The largest absolute Gasteiger partial charge is 0.490 e. The zero-order valence-electron chi connectivity index (χ0n) is 23.6. The zero-order valence-corrected chi connectivity index (χ0v) is 23.6. The van der Waals surface area contributed by atoms with Crippen molar-refractivity contribution in [3.05, 3.63) is 126 Å². The minimum Gasteiger partial charge on any atom is -0.490 e. The van der Waals surface area contributed by atoms with Crippen LogP contribution in [0.5, 0.6) is 11.5 Å². The average Bonchev–Trinajstić information content (AvgIpc) is 3.50. The van der Waals surface area contributed by atoms with Gasteiger partial charge in [-0.3, -0.25) is 9.59 Å². The second-order valence-corrected chi connectivity index (χ2v) is 10.6. The monoisotopic (exact) mass is 560 g/mol. The molecule has 1 aromatic heterocycles. The van der Waals surface area contributed by atoms with Crippen LogP contribution in [0.2, 0.25) is 0 Å². The molecule has 7 heteroatoms. The summed E-state index contributed by atoms with van der Waals surface area (Å²) in [6.07, 6.45) is 1.66. The van der Waals surface area contributed by atoms with Gasteiger partial charge in [0.15, 0.2) is 5.78 Å². The summed E-state index contributed by atoms with van der Waals surface area (Å²) in [7, 11) is 2.04. The number of H-pyrrole nitrogens is 1. The Morgan fingerprint density at radius 3 is 2.62 bits per heavy atom. The summed E-state index contributed by atoms with van der Waals surface area (Å²) in [5.74, 6) is -0.564. The molecule has 6 rings (SSSR count). The molecule has 0 amide bonds. The number of benzene rings is 4. The van der Waals surface area contributed by atoms with E-state index in [4.69, 9.17) is 14.2 Å². The topological polar surface area (TPSA) is 80.9 Å². The molecule has 2 atom stereocenters. The van der Waals surface area contributed by atoms with Crippen molar-refractivity contribution < 1.29 is 23.8 Å². The highest BCUT2D eigenvalue weighted by molar-refractivity contribution is 6.15. The van der Waals surface area contributed by atoms with Crippen LogP contribution in [0, 0.1) is 6.92 Å². The number of fused-ring (bicyclic) bond motifs is 2. The van der Waals surface area contributed by atoms with Gasteiger partial charge in [-0.2, -0.15) is 0 Å². The number of esters is 1. The van der Waals surface area contributed by atoms with Crippen LogP contribution in [0.1, 0.15) is 33.0 Å². The number of hydrogen-bond acceptors (Lipinski definition) is 6. The van der Waals surface area contributed by atoms with E-state index >= 15 is 0 Å². The smallest absolute Gasteiger partial charge is 0.321 e. The van der Waals surface area contributed by atoms with E-state index in [1.807, 2.05) is 98.9 Å². The summed E-state index contributed by atoms with van der Waals surface area (Å²) in [5.41, 5.74) is 4.52. The number of anilines is 1. The Bertz CT molecular complexity index is 1730. The van der Waals surface area contributed by atoms with Crippen LogP contribution < -0.4 is 14.4 Å². The van der Waals surface area contributed by atoms with Gasteiger partial charge in [0.1, 0.15) is 36.7 Å². The van der Waals surface area contributed by atoms with E-state index in [0.717, 1.165) is 27.9 Å². The van der Waals surface area contributed by atoms with Gasteiger partial charge in [0.25, 0.3) is 0 Å². The average molecular weight is 561 g/mol. The molecule has 0 fully saturated rings. The molecule has 212 valence electrons. The van der Waals surface area contributed by atoms with Crippen LogP contribution in [0.4, 0.5) is 5.69 Å². The normalized spacial score (nSPS) is 15.0. The lowest BCUT2D eigenvalue weighted by atomic mass is 9.87. The van der Waals surface area contributed by atoms with E-state index < -0.39 is 11.9 Å². The van der Waals surface area contributed by atoms with Crippen molar-refractivity contribution in [2.24, 2.45) is 0 Å². The lowest BCUT2D eigenvalue weighted by Crippen LogP contribution is -2.41. The van der Waals surface area contributed by atoms with Crippen LogP contribution in [0.15, 0.2) is 103 Å². The molecule has 42 heavy (non-hydrogen) atoms. The minimum absolute atomic E-state index is 0.0846. The maximum Gasteiger partial charge on any atom is 0.321 e. The Kier molecular flexibility index (Phi) is 7.64. The number of likely N-dealkylation sites (N-methyl/N-ethyl adjacent to an activating group) is 1. The molecule has 0 spiro atoms. The number of rotatable bonds is 9. The van der Waals surface area contributed by atoms with Crippen molar-refractivity contribution in [3.63, 3.8) is 0 Å². The number of aryl methyl sites for hydroxylation is 1. The van der Waals surface area contributed by atoms with Crippen molar-refractivity contribution in [2.45, 2.75) is 25.6 Å². The molecule has 5 aromatic rings. The van der Waals surface area contributed by atoms with Gasteiger partial charge in [-0.1, -0.05) is 54.6 Å². The van der Waals surface area contributed by atoms with Crippen molar-refractivity contribution in [3.8, 4) is 11.5 Å². The van der Waals surface area contributed by atoms with Gasteiger partial charge in [-0.15, -0.1) is 0 Å². The minimum atomic E-state index is -1.12. The molecule has 0 aliphatic carbocycles. The number of carbonyl (C=O) groups excluding carboxylic acids is 2. The predicted octanol–water partition coefficient (Wildman–Crippen LogP) is 6.46. The zero-order chi connectivity index (χ0) is 29.1. The third-order valence-corrected chi connectivity index (χ3v) is 7.61. The van der Waals surface area contributed by atoms with Gasteiger partial charge in [-0.05, 0) is 66.1 Å². The van der Waals surface area contributed by atoms with Gasteiger partial charge < -0.3 is 24.1 Å². The summed E-state index contributed by atoms with van der Waals surface area (Å²) < 4.78 is 17.9. The number of nitrogens with zero attached hydrogens (tertiary/aromatic N) is 1. The first-order valence-corrected chi connectivity index (χ1v) is 14.0. The number of aromatic nitrogens is 1. The maximum atomic E-state index is 14.1. The van der Waals surface area contributed by atoms with Gasteiger partial charge >= 0.3 is 5.97 Å². The lowest BCUT2D eigenvalue weighted by Gasteiger charge is -2.33. The molecule has 1 unspecified atom stereocenters. The highest BCUT2D eigenvalue weighted by Crippen LogP contribution is 2.33. The summed E-state index contributed by atoms with van der Waals surface area (Å²) >= 11 is 0. The van der Waals surface area contributed by atoms with E-state index in [1.54, 1.807) is 18.3 Å². The number of aromatic amines is 1.